The van der Waals surface area contributed by atoms with Gasteiger partial charge in [0.15, 0.2) is 11.0 Å². The van der Waals surface area contributed by atoms with Gasteiger partial charge in [-0.25, -0.2) is 0 Å². The van der Waals surface area contributed by atoms with Crippen LogP contribution in [-0.4, -0.2) is 20.5 Å². The summed E-state index contributed by atoms with van der Waals surface area (Å²) in [6, 6.07) is 30.8. The van der Waals surface area contributed by atoms with Gasteiger partial charge in [-0.05, 0) is 17.7 Å². The number of hydrogen-bond acceptors (Lipinski definition) is 3. The molecule has 0 saturated carbocycles. The number of nitrogens with zero attached hydrogens (tertiary/aromatic N) is 3. The van der Waals surface area contributed by atoms with Crippen molar-refractivity contribution in [1.29, 1.82) is 0 Å². The lowest BCUT2D eigenvalue weighted by Crippen LogP contribution is -1.99. The molecule has 1 heterocycles. The second kappa shape index (κ2) is 8.52. The maximum atomic E-state index is 4.47. The third kappa shape index (κ3) is 4.18. The standard InChI is InChI=1S/C23H19N3S/c1-4-11-19(12-5-1)13-10-18-27-23-25-24-22(20-14-6-2-7-15-20)26(23)21-16-8-3-9-17-21/h1-17H,18H2/b13-10+. The molecule has 1 aromatic heterocycles. The van der Waals surface area contributed by atoms with Crippen LogP contribution in [0.1, 0.15) is 5.56 Å². The molecule has 0 unspecified atom stereocenters. The third-order valence-electron chi connectivity index (χ3n) is 4.10. The lowest BCUT2D eigenvalue weighted by atomic mass is 10.2. The molecule has 3 nitrogen and oxygen atoms in total. The van der Waals surface area contributed by atoms with Crippen molar-refractivity contribution in [2.45, 2.75) is 5.16 Å². The molecule has 0 N–H and O–H groups in total. The average molecular weight is 369 g/mol. The number of para-hydroxylation sites is 1. The van der Waals surface area contributed by atoms with Crippen LogP contribution < -0.4 is 0 Å². The SMILES string of the molecule is C(=C\c1ccccc1)/CSc1nnc(-c2ccccc2)n1-c1ccccc1. The van der Waals surface area contributed by atoms with Crippen molar-refractivity contribution in [3.63, 3.8) is 0 Å². The van der Waals surface area contributed by atoms with E-state index in [2.05, 4.69) is 63.3 Å². The molecule has 0 bridgehead atoms. The molecular formula is C23H19N3S. The summed E-state index contributed by atoms with van der Waals surface area (Å²) in [5.41, 5.74) is 3.32. The van der Waals surface area contributed by atoms with E-state index >= 15 is 0 Å². The summed E-state index contributed by atoms with van der Waals surface area (Å²) in [5, 5.41) is 9.81. The topological polar surface area (TPSA) is 30.7 Å². The summed E-state index contributed by atoms with van der Waals surface area (Å²) in [6.07, 6.45) is 4.29. The summed E-state index contributed by atoms with van der Waals surface area (Å²) >= 11 is 1.68. The molecule has 132 valence electrons. The molecule has 0 atom stereocenters. The second-order valence-electron chi connectivity index (χ2n) is 5.97. The third-order valence-corrected chi connectivity index (χ3v) is 4.98. The van der Waals surface area contributed by atoms with Crippen molar-refractivity contribution in [2.24, 2.45) is 0 Å². The first kappa shape index (κ1) is 17.3. The zero-order chi connectivity index (χ0) is 18.3. The van der Waals surface area contributed by atoms with Gasteiger partial charge in [-0.15, -0.1) is 10.2 Å². The number of rotatable bonds is 6. The predicted octanol–water partition coefficient (Wildman–Crippen LogP) is 5.74. The molecule has 3 aromatic carbocycles. The van der Waals surface area contributed by atoms with Crippen molar-refractivity contribution in [3.8, 4) is 17.1 Å². The highest BCUT2D eigenvalue weighted by atomic mass is 32.2. The van der Waals surface area contributed by atoms with Crippen molar-refractivity contribution in [3.05, 3.63) is 103 Å². The Kier molecular flexibility index (Phi) is 5.46. The van der Waals surface area contributed by atoms with E-state index in [-0.39, 0.29) is 0 Å². The van der Waals surface area contributed by atoms with Gasteiger partial charge in [-0.2, -0.15) is 0 Å². The maximum Gasteiger partial charge on any atom is 0.196 e. The van der Waals surface area contributed by atoms with E-state index in [0.717, 1.165) is 28.0 Å². The number of hydrogen-bond donors (Lipinski definition) is 0. The minimum Gasteiger partial charge on any atom is -0.270 e. The van der Waals surface area contributed by atoms with Crippen LogP contribution in [0.3, 0.4) is 0 Å². The lowest BCUT2D eigenvalue weighted by molar-refractivity contribution is 0.888. The fraction of sp³-hybridized carbons (Fsp3) is 0.0435. The van der Waals surface area contributed by atoms with Crippen LogP contribution in [0, 0.1) is 0 Å². The summed E-state index contributed by atoms with van der Waals surface area (Å²) in [7, 11) is 0. The fourth-order valence-electron chi connectivity index (χ4n) is 2.82. The molecule has 27 heavy (non-hydrogen) atoms. The largest absolute Gasteiger partial charge is 0.270 e. The highest BCUT2D eigenvalue weighted by molar-refractivity contribution is 7.99. The smallest absolute Gasteiger partial charge is 0.196 e. The first-order chi connectivity index (χ1) is 13.4. The summed E-state index contributed by atoms with van der Waals surface area (Å²) in [5.74, 6) is 1.69. The Labute approximate surface area is 163 Å². The predicted molar refractivity (Wildman–Crippen MR) is 113 cm³/mol. The maximum absolute atomic E-state index is 4.47. The van der Waals surface area contributed by atoms with Crippen LogP contribution in [0.15, 0.2) is 102 Å². The van der Waals surface area contributed by atoms with E-state index in [4.69, 9.17) is 0 Å². The van der Waals surface area contributed by atoms with Gasteiger partial charge in [0.2, 0.25) is 0 Å². The Balaban J connectivity index is 1.61. The first-order valence-corrected chi connectivity index (χ1v) is 9.81. The van der Waals surface area contributed by atoms with Crippen LogP contribution in [-0.2, 0) is 0 Å². The van der Waals surface area contributed by atoms with E-state index in [0.29, 0.717) is 0 Å². The van der Waals surface area contributed by atoms with Crippen LogP contribution in [0.2, 0.25) is 0 Å². The molecule has 0 aliphatic rings. The molecule has 4 aromatic rings. The van der Waals surface area contributed by atoms with E-state index in [1.165, 1.54) is 5.56 Å². The fourth-order valence-corrected chi connectivity index (χ4v) is 3.58. The molecular weight excluding hydrogens is 350 g/mol. The molecule has 0 fully saturated rings. The van der Waals surface area contributed by atoms with Crippen LogP contribution >= 0.6 is 11.8 Å². The molecule has 0 aliphatic carbocycles. The van der Waals surface area contributed by atoms with Gasteiger partial charge in [0, 0.05) is 17.0 Å². The molecule has 0 spiro atoms. The Morgan fingerprint density at radius 1 is 0.741 bits per heavy atom. The minimum absolute atomic E-state index is 0.828. The van der Waals surface area contributed by atoms with Crippen LogP contribution in [0.25, 0.3) is 23.2 Å². The van der Waals surface area contributed by atoms with E-state index in [1.54, 1.807) is 11.8 Å². The first-order valence-electron chi connectivity index (χ1n) is 8.82. The van der Waals surface area contributed by atoms with Crippen LogP contribution in [0.4, 0.5) is 0 Å². The van der Waals surface area contributed by atoms with Crippen molar-refractivity contribution >= 4 is 17.8 Å². The molecule has 0 aliphatic heterocycles. The Morgan fingerprint density at radius 2 is 1.37 bits per heavy atom. The number of thioether (sulfide) groups is 1. The molecule has 4 rings (SSSR count). The van der Waals surface area contributed by atoms with Crippen LogP contribution in [0.5, 0.6) is 0 Å². The molecule has 0 amide bonds. The zero-order valence-corrected chi connectivity index (χ0v) is 15.6. The molecule has 0 saturated heterocycles. The molecule has 0 radical (unpaired) electrons. The monoisotopic (exact) mass is 369 g/mol. The van der Waals surface area contributed by atoms with Crippen molar-refractivity contribution < 1.29 is 0 Å². The van der Waals surface area contributed by atoms with Gasteiger partial charge < -0.3 is 0 Å². The van der Waals surface area contributed by atoms with Gasteiger partial charge in [0.05, 0.1) is 0 Å². The van der Waals surface area contributed by atoms with Gasteiger partial charge in [0.25, 0.3) is 0 Å². The van der Waals surface area contributed by atoms with E-state index in [1.807, 2.05) is 54.6 Å². The Hall–Kier alpha value is -3.11. The summed E-state index contributed by atoms with van der Waals surface area (Å²) in [4.78, 5) is 0. The highest BCUT2D eigenvalue weighted by Gasteiger charge is 2.15. The zero-order valence-electron chi connectivity index (χ0n) is 14.8. The van der Waals surface area contributed by atoms with Gasteiger partial charge >= 0.3 is 0 Å². The second-order valence-corrected chi connectivity index (χ2v) is 6.95. The van der Waals surface area contributed by atoms with Gasteiger partial charge in [0.1, 0.15) is 0 Å². The Bertz CT molecular complexity index is 1010. The summed E-state index contributed by atoms with van der Waals surface area (Å²) in [6.45, 7) is 0. The minimum atomic E-state index is 0.828. The van der Waals surface area contributed by atoms with Gasteiger partial charge in [-0.3, -0.25) is 4.57 Å². The van der Waals surface area contributed by atoms with Gasteiger partial charge in [-0.1, -0.05) is 103 Å². The average Bonchev–Trinajstić information content (AvgIpc) is 3.17. The summed E-state index contributed by atoms with van der Waals surface area (Å²) < 4.78 is 2.12. The quantitative estimate of drug-likeness (QED) is 0.406. The van der Waals surface area contributed by atoms with Crippen molar-refractivity contribution in [2.75, 3.05) is 5.75 Å². The molecule has 4 heteroatoms. The Morgan fingerprint density at radius 3 is 2.07 bits per heavy atom. The normalized spacial score (nSPS) is 11.1. The van der Waals surface area contributed by atoms with E-state index < -0.39 is 0 Å². The highest BCUT2D eigenvalue weighted by Crippen LogP contribution is 2.27. The lowest BCUT2D eigenvalue weighted by Gasteiger charge is -2.09. The number of benzene rings is 3. The number of aromatic nitrogens is 3. The van der Waals surface area contributed by atoms with E-state index in [9.17, 15) is 0 Å². The van der Waals surface area contributed by atoms with Crippen molar-refractivity contribution in [1.82, 2.24) is 14.8 Å².